The number of carbonyl (C=O) groups is 2. The van der Waals surface area contributed by atoms with E-state index in [1.807, 2.05) is 30.3 Å². The van der Waals surface area contributed by atoms with Crippen molar-refractivity contribution < 1.29 is 27.9 Å². The molecule has 2 aromatic carbocycles. The molecule has 0 spiro atoms. The topological polar surface area (TPSA) is 90.7 Å². The van der Waals surface area contributed by atoms with Crippen LogP contribution in [0.5, 0.6) is 0 Å². The molecule has 2 saturated heterocycles. The lowest BCUT2D eigenvalue weighted by molar-refractivity contribution is -0.149. The Morgan fingerprint density at radius 2 is 1.88 bits per heavy atom. The monoisotopic (exact) mass is 569 g/mol. The molecule has 0 saturated carbocycles. The molecule has 2 N–H and O–H groups in total. The van der Waals surface area contributed by atoms with Gasteiger partial charge < -0.3 is 24.8 Å². The van der Waals surface area contributed by atoms with Gasteiger partial charge in [0.1, 0.15) is 29.7 Å². The smallest absolute Gasteiger partial charge is 0.251 e. The van der Waals surface area contributed by atoms with E-state index in [1.54, 1.807) is 15.7 Å². The summed E-state index contributed by atoms with van der Waals surface area (Å²) in [6.45, 7) is 4.33. The van der Waals surface area contributed by atoms with E-state index in [0.717, 1.165) is 23.8 Å². The van der Waals surface area contributed by atoms with Crippen molar-refractivity contribution in [3.05, 3.63) is 77.8 Å². The van der Waals surface area contributed by atoms with Crippen LogP contribution in [-0.2, 0) is 16.1 Å². The Hall–Kier alpha value is -3.70. The molecule has 0 unspecified atom stereocenters. The molecule has 3 aromatic rings. The summed E-state index contributed by atoms with van der Waals surface area (Å²) in [6.07, 6.45) is -0.933. The summed E-state index contributed by atoms with van der Waals surface area (Å²) in [5, 5.41) is 13.4. The number of aliphatic hydroxyl groups is 1. The van der Waals surface area contributed by atoms with Crippen molar-refractivity contribution in [2.24, 2.45) is 11.8 Å². The fourth-order valence-corrected chi connectivity index (χ4v) is 5.68. The molecule has 2 aliphatic heterocycles. The Kier molecular flexibility index (Phi) is 8.46. The van der Waals surface area contributed by atoms with Gasteiger partial charge in [-0.2, -0.15) is 0 Å². The van der Waals surface area contributed by atoms with Gasteiger partial charge >= 0.3 is 0 Å². The zero-order valence-electron chi connectivity index (χ0n) is 23.0. The van der Waals surface area contributed by atoms with Gasteiger partial charge in [0, 0.05) is 69.8 Å². The summed E-state index contributed by atoms with van der Waals surface area (Å²) in [5.74, 6) is -2.40. The third-order valence-electron chi connectivity index (χ3n) is 7.94. The van der Waals surface area contributed by atoms with E-state index in [2.05, 4.69) is 5.32 Å². The standard InChI is InChI=1S/C30H34F3N5O3/c1-18(39)30(41)38(16-21-11-34-12-26(21)33)28(22-14-36(15-22)19(2)40)29-35-27(24-10-23(31)8-9-25(24)32)17-37(29)13-20-6-4-3-5-7-20/h3-10,17-18,21-22,26,28,34,39H,11-16H2,1-2H3/t18-,21-,26-,28+/m0/s1. The maximum absolute atomic E-state index is 14.9. The van der Waals surface area contributed by atoms with E-state index in [4.69, 9.17) is 4.98 Å². The largest absolute Gasteiger partial charge is 0.384 e. The fraction of sp³-hybridized carbons (Fsp3) is 0.433. The quantitative estimate of drug-likeness (QED) is 0.413. The Morgan fingerprint density at radius 3 is 2.51 bits per heavy atom. The number of alkyl halides is 1. The Morgan fingerprint density at radius 1 is 1.15 bits per heavy atom. The predicted molar refractivity (Wildman–Crippen MR) is 146 cm³/mol. The van der Waals surface area contributed by atoms with Crippen LogP contribution in [-0.4, -0.2) is 81.3 Å². The highest BCUT2D eigenvalue weighted by Gasteiger charge is 2.45. The van der Waals surface area contributed by atoms with Gasteiger partial charge in [-0.25, -0.2) is 18.2 Å². The third-order valence-corrected chi connectivity index (χ3v) is 7.94. The van der Waals surface area contributed by atoms with Gasteiger partial charge in [0.2, 0.25) is 5.91 Å². The van der Waals surface area contributed by atoms with Crippen LogP contribution in [0.1, 0.15) is 31.3 Å². The SMILES string of the molecule is CC(=O)N1CC([C@H](c2nc(-c3cc(F)ccc3F)cn2Cc2ccccc2)N(C[C@@H]2CNC[C@@H]2F)C(=O)[C@H](C)O)C1. The maximum Gasteiger partial charge on any atom is 0.251 e. The van der Waals surface area contributed by atoms with Crippen LogP contribution in [0.2, 0.25) is 0 Å². The van der Waals surface area contributed by atoms with Crippen LogP contribution >= 0.6 is 0 Å². The number of benzene rings is 2. The Balaban J connectivity index is 1.64. The van der Waals surface area contributed by atoms with E-state index in [9.17, 15) is 27.9 Å². The molecule has 2 amide bonds. The van der Waals surface area contributed by atoms with Gasteiger partial charge in [0.25, 0.3) is 5.91 Å². The van der Waals surface area contributed by atoms with Crippen molar-refractivity contribution in [1.29, 1.82) is 0 Å². The molecule has 4 atom stereocenters. The highest BCUT2D eigenvalue weighted by molar-refractivity contribution is 5.81. The summed E-state index contributed by atoms with van der Waals surface area (Å²) in [6, 6.07) is 11.8. The summed E-state index contributed by atoms with van der Waals surface area (Å²) in [5.41, 5.74) is 1.05. The molecule has 0 bridgehead atoms. The molecule has 2 fully saturated rings. The molecule has 0 radical (unpaired) electrons. The lowest BCUT2D eigenvalue weighted by Crippen LogP contribution is -2.57. The summed E-state index contributed by atoms with van der Waals surface area (Å²) < 4.78 is 45.7. The van der Waals surface area contributed by atoms with Gasteiger partial charge in [-0.05, 0) is 30.7 Å². The molecule has 5 rings (SSSR count). The molecular weight excluding hydrogens is 535 g/mol. The first-order valence-electron chi connectivity index (χ1n) is 13.8. The number of nitrogens with zero attached hydrogens (tertiary/aromatic N) is 4. The van der Waals surface area contributed by atoms with Crippen LogP contribution in [0.3, 0.4) is 0 Å². The summed E-state index contributed by atoms with van der Waals surface area (Å²) >= 11 is 0. The first-order chi connectivity index (χ1) is 19.6. The van der Waals surface area contributed by atoms with Crippen molar-refractivity contribution in [2.45, 2.75) is 38.7 Å². The van der Waals surface area contributed by atoms with Crippen molar-refractivity contribution in [1.82, 2.24) is 24.7 Å². The summed E-state index contributed by atoms with van der Waals surface area (Å²) in [7, 11) is 0. The second-order valence-electron chi connectivity index (χ2n) is 11.0. The Labute approximate surface area is 236 Å². The van der Waals surface area contributed by atoms with Crippen LogP contribution in [0, 0.1) is 23.5 Å². The molecule has 0 aliphatic carbocycles. The fourth-order valence-electron chi connectivity index (χ4n) is 5.68. The molecule has 3 heterocycles. The minimum Gasteiger partial charge on any atom is -0.384 e. The highest BCUT2D eigenvalue weighted by atomic mass is 19.1. The van der Waals surface area contributed by atoms with E-state index in [0.29, 0.717) is 32.0 Å². The zero-order valence-corrected chi connectivity index (χ0v) is 23.0. The molecule has 41 heavy (non-hydrogen) atoms. The van der Waals surface area contributed by atoms with Gasteiger partial charge in [-0.3, -0.25) is 9.59 Å². The van der Waals surface area contributed by atoms with Gasteiger partial charge in [0.15, 0.2) is 0 Å². The van der Waals surface area contributed by atoms with Crippen molar-refractivity contribution in [3.8, 4) is 11.3 Å². The van der Waals surface area contributed by atoms with Crippen molar-refractivity contribution in [3.63, 3.8) is 0 Å². The zero-order chi connectivity index (χ0) is 29.3. The van der Waals surface area contributed by atoms with E-state index in [-0.39, 0.29) is 36.2 Å². The molecule has 1 aromatic heterocycles. The number of rotatable bonds is 9. The first kappa shape index (κ1) is 28.8. The third kappa shape index (κ3) is 6.15. The van der Waals surface area contributed by atoms with Gasteiger partial charge in [-0.1, -0.05) is 30.3 Å². The number of nitrogens with one attached hydrogen (secondary N) is 1. The number of amides is 2. The molecular formula is C30H34F3N5O3. The van der Waals surface area contributed by atoms with Crippen LogP contribution in [0.25, 0.3) is 11.3 Å². The molecule has 11 heteroatoms. The van der Waals surface area contributed by atoms with Gasteiger partial charge in [-0.15, -0.1) is 0 Å². The molecule has 2 aliphatic rings. The van der Waals surface area contributed by atoms with Crippen LogP contribution in [0.15, 0.2) is 54.7 Å². The number of imidazole rings is 1. The minimum atomic E-state index is -1.37. The van der Waals surface area contributed by atoms with Crippen molar-refractivity contribution in [2.75, 3.05) is 32.7 Å². The summed E-state index contributed by atoms with van der Waals surface area (Å²) in [4.78, 5) is 33.5. The number of hydrogen-bond acceptors (Lipinski definition) is 5. The number of likely N-dealkylation sites (tertiary alicyclic amines) is 1. The lowest BCUT2D eigenvalue weighted by atomic mass is 9.88. The lowest BCUT2D eigenvalue weighted by Gasteiger charge is -2.47. The number of halogens is 3. The van der Waals surface area contributed by atoms with Gasteiger partial charge in [0.05, 0.1) is 11.7 Å². The highest BCUT2D eigenvalue weighted by Crippen LogP contribution is 2.38. The number of aromatic nitrogens is 2. The first-order valence-corrected chi connectivity index (χ1v) is 13.8. The average Bonchev–Trinajstić information content (AvgIpc) is 3.51. The Bertz CT molecular complexity index is 1390. The van der Waals surface area contributed by atoms with E-state index >= 15 is 0 Å². The van der Waals surface area contributed by atoms with Crippen LogP contribution < -0.4 is 5.32 Å². The second-order valence-corrected chi connectivity index (χ2v) is 11.0. The predicted octanol–water partition coefficient (Wildman–Crippen LogP) is 3.16. The van der Waals surface area contributed by atoms with E-state index < -0.39 is 41.8 Å². The minimum absolute atomic E-state index is 0.0149. The number of aliphatic hydroxyl groups excluding tert-OH is 1. The molecule has 218 valence electrons. The van der Waals surface area contributed by atoms with Crippen LogP contribution in [0.4, 0.5) is 13.2 Å². The number of carbonyl (C=O) groups excluding carboxylic acids is 2. The van der Waals surface area contributed by atoms with E-state index in [1.165, 1.54) is 18.7 Å². The second kappa shape index (κ2) is 12.0. The molecule has 8 nitrogen and oxygen atoms in total. The normalized spacial score (nSPS) is 20.5. The maximum atomic E-state index is 14.9. The number of hydrogen-bond donors (Lipinski definition) is 2. The average molecular weight is 570 g/mol. The van der Waals surface area contributed by atoms with Crippen molar-refractivity contribution >= 4 is 11.8 Å².